The number of hydrogen-bond acceptors (Lipinski definition) is 1. The summed E-state index contributed by atoms with van der Waals surface area (Å²) in [7, 11) is 0. The van der Waals surface area contributed by atoms with Gasteiger partial charge in [0.25, 0.3) is 0 Å². The zero-order valence-corrected chi connectivity index (χ0v) is 10.9. The highest BCUT2D eigenvalue weighted by Crippen LogP contribution is 2.24. The normalized spacial score (nSPS) is 12.4. The summed E-state index contributed by atoms with van der Waals surface area (Å²) in [4.78, 5) is 4.07. The van der Waals surface area contributed by atoms with Crippen molar-refractivity contribution in [2.75, 3.05) is 0 Å². The zero-order chi connectivity index (χ0) is 11.4. The Kier molecular flexibility index (Phi) is 3.97. The fourth-order valence-electron chi connectivity index (χ4n) is 1.51. The number of alkyl halides is 1. The lowest BCUT2D eigenvalue weighted by Crippen LogP contribution is -1.96. The third kappa shape index (κ3) is 3.06. The molecule has 0 aliphatic heterocycles. The third-order valence-corrected chi connectivity index (χ3v) is 3.31. The van der Waals surface area contributed by atoms with Crippen molar-refractivity contribution in [3.05, 3.63) is 64.4 Å². The molecule has 1 aromatic heterocycles. The van der Waals surface area contributed by atoms with Gasteiger partial charge in [-0.15, -0.1) is 11.6 Å². The molecule has 1 heterocycles. The molecule has 0 fully saturated rings. The molecule has 0 aliphatic carbocycles. The van der Waals surface area contributed by atoms with E-state index in [1.165, 1.54) is 5.56 Å². The first kappa shape index (κ1) is 11.6. The van der Waals surface area contributed by atoms with Crippen molar-refractivity contribution in [1.29, 1.82) is 0 Å². The van der Waals surface area contributed by atoms with Gasteiger partial charge in [0.05, 0.1) is 5.38 Å². The number of halogens is 2. The first-order valence-electron chi connectivity index (χ1n) is 5.04. The van der Waals surface area contributed by atoms with Crippen LogP contribution in [0.2, 0.25) is 0 Å². The zero-order valence-electron chi connectivity index (χ0n) is 8.61. The Labute approximate surface area is 109 Å². The first-order chi connectivity index (χ1) is 7.75. The van der Waals surface area contributed by atoms with Gasteiger partial charge in [-0.3, -0.25) is 4.98 Å². The van der Waals surface area contributed by atoms with Gasteiger partial charge >= 0.3 is 0 Å². The molecule has 82 valence electrons. The standard InChI is InChI=1S/C13H11BrClN/c14-12-5-3-10(4-6-12)8-13(15)11-2-1-7-16-9-11/h1-7,9,13H,8H2. The summed E-state index contributed by atoms with van der Waals surface area (Å²) in [6.45, 7) is 0. The fraction of sp³-hybridized carbons (Fsp3) is 0.154. The average Bonchev–Trinajstić information content (AvgIpc) is 2.33. The number of aromatic nitrogens is 1. The summed E-state index contributed by atoms with van der Waals surface area (Å²) in [6.07, 6.45) is 4.39. The van der Waals surface area contributed by atoms with Crippen LogP contribution in [0.15, 0.2) is 53.3 Å². The van der Waals surface area contributed by atoms with Gasteiger partial charge in [-0.2, -0.15) is 0 Å². The number of pyridine rings is 1. The van der Waals surface area contributed by atoms with Crippen LogP contribution < -0.4 is 0 Å². The van der Waals surface area contributed by atoms with E-state index in [4.69, 9.17) is 11.6 Å². The summed E-state index contributed by atoms with van der Waals surface area (Å²) >= 11 is 9.74. The highest BCUT2D eigenvalue weighted by Gasteiger charge is 2.08. The Morgan fingerprint density at radius 2 is 1.94 bits per heavy atom. The topological polar surface area (TPSA) is 12.9 Å². The van der Waals surface area contributed by atoms with Crippen molar-refractivity contribution >= 4 is 27.5 Å². The van der Waals surface area contributed by atoms with Crippen molar-refractivity contribution in [1.82, 2.24) is 4.98 Å². The number of benzene rings is 1. The molecule has 2 rings (SSSR count). The highest BCUT2D eigenvalue weighted by molar-refractivity contribution is 9.10. The molecule has 1 nitrogen and oxygen atoms in total. The maximum atomic E-state index is 6.33. The Morgan fingerprint density at radius 3 is 2.56 bits per heavy atom. The second kappa shape index (κ2) is 5.46. The molecule has 0 spiro atoms. The van der Waals surface area contributed by atoms with Crippen molar-refractivity contribution < 1.29 is 0 Å². The van der Waals surface area contributed by atoms with Crippen LogP contribution in [-0.4, -0.2) is 4.98 Å². The lowest BCUT2D eigenvalue weighted by Gasteiger charge is -2.09. The lowest BCUT2D eigenvalue weighted by molar-refractivity contribution is 0.911. The van der Waals surface area contributed by atoms with Crippen LogP contribution in [0, 0.1) is 0 Å². The molecule has 0 radical (unpaired) electrons. The van der Waals surface area contributed by atoms with Crippen LogP contribution in [0.4, 0.5) is 0 Å². The highest BCUT2D eigenvalue weighted by atomic mass is 79.9. The maximum Gasteiger partial charge on any atom is 0.0640 e. The minimum absolute atomic E-state index is 0.0186. The summed E-state index contributed by atoms with van der Waals surface area (Å²) < 4.78 is 1.09. The lowest BCUT2D eigenvalue weighted by atomic mass is 10.1. The SMILES string of the molecule is ClC(Cc1ccc(Br)cc1)c1cccnc1. The van der Waals surface area contributed by atoms with E-state index < -0.39 is 0 Å². The molecule has 1 unspecified atom stereocenters. The second-order valence-electron chi connectivity index (χ2n) is 3.58. The Hall–Kier alpha value is -0.860. The van der Waals surface area contributed by atoms with Gasteiger partial charge in [0, 0.05) is 16.9 Å². The van der Waals surface area contributed by atoms with Gasteiger partial charge < -0.3 is 0 Å². The average molecular weight is 297 g/mol. The Bertz CT molecular complexity index is 441. The smallest absolute Gasteiger partial charge is 0.0640 e. The van der Waals surface area contributed by atoms with Crippen LogP contribution in [0.25, 0.3) is 0 Å². The predicted octanol–water partition coefficient (Wildman–Crippen LogP) is 4.37. The van der Waals surface area contributed by atoms with E-state index in [2.05, 4.69) is 33.0 Å². The van der Waals surface area contributed by atoms with E-state index >= 15 is 0 Å². The number of rotatable bonds is 3. The number of hydrogen-bond donors (Lipinski definition) is 0. The molecule has 16 heavy (non-hydrogen) atoms. The van der Waals surface area contributed by atoms with Crippen molar-refractivity contribution in [2.24, 2.45) is 0 Å². The van der Waals surface area contributed by atoms with E-state index in [1.807, 2.05) is 30.5 Å². The van der Waals surface area contributed by atoms with Gasteiger partial charge in [-0.1, -0.05) is 34.1 Å². The maximum absolute atomic E-state index is 6.33. The van der Waals surface area contributed by atoms with Crippen molar-refractivity contribution in [3.8, 4) is 0 Å². The van der Waals surface area contributed by atoms with Crippen LogP contribution in [0.3, 0.4) is 0 Å². The fourth-order valence-corrected chi connectivity index (χ4v) is 2.08. The molecule has 1 aromatic carbocycles. The summed E-state index contributed by atoms with van der Waals surface area (Å²) in [6, 6.07) is 12.1. The molecule has 1 atom stereocenters. The van der Waals surface area contributed by atoms with E-state index in [1.54, 1.807) is 6.20 Å². The summed E-state index contributed by atoms with van der Waals surface area (Å²) in [5.41, 5.74) is 2.29. The minimum Gasteiger partial charge on any atom is -0.264 e. The van der Waals surface area contributed by atoms with Gasteiger partial charge in [0.2, 0.25) is 0 Å². The summed E-state index contributed by atoms with van der Waals surface area (Å²) in [5.74, 6) is 0. The van der Waals surface area contributed by atoms with Crippen molar-refractivity contribution in [3.63, 3.8) is 0 Å². The monoisotopic (exact) mass is 295 g/mol. The molecule has 2 aromatic rings. The predicted molar refractivity (Wildman–Crippen MR) is 70.7 cm³/mol. The molecule has 0 aliphatic rings. The van der Waals surface area contributed by atoms with Crippen molar-refractivity contribution in [2.45, 2.75) is 11.8 Å². The molecular formula is C13H11BrClN. The number of nitrogens with zero attached hydrogens (tertiary/aromatic N) is 1. The van der Waals surface area contributed by atoms with Gasteiger partial charge in [0.15, 0.2) is 0 Å². The Morgan fingerprint density at radius 1 is 1.19 bits per heavy atom. The van der Waals surface area contributed by atoms with Crippen LogP contribution in [0.5, 0.6) is 0 Å². The molecule has 0 bridgehead atoms. The van der Waals surface area contributed by atoms with Crippen LogP contribution >= 0.6 is 27.5 Å². The quantitative estimate of drug-likeness (QED) is 0.767. The van der Waals surface area contributed by atoms with Gasteiger partial charge in [-0.25, -0.2) is 0 Å². The van der Waals surface area contributed by atoms with Crippen LogP contribution in [0.1, 0.15) is 16.5 Å². The molecule has 0 saturated carbocycles. The van der Waals surface area contributed by atoms with E-state index in [0.717, 1.165) is 16.5 Å². The molecule has 0 saturated heterocycles. The minimum atomic E-state index is -0.0186. The first-order valence-corrected chi connectivity index (χ1v) is 6.27. The molecule has 0 amide bonds. The molecular weight excluding hydrogens is 286 g/mol. The van der Waals surface area contributed by atoms with E-state index in [9.17, 15) is 0 Å². The van der Waals surface area contributed by atoms with E-state index in [-0.39, 0.29) is 5.38 Å². The largest absolute Gasteiger partial charge is 0.264 e. The Balaban J connectivity index is 2.08. The van der Waals surface area contributed by atoms with E-state index in [0.29, 0.717) is 0 Å². The third-order valence-electron chi connectivity index (χ3n) is 2.37. The summed E-state index contributed by atoms with van der Waals surface area (Å²) in [5, 5.41) is -0.0186. The molecule has 3 heteroatoms. The second-order valence-corrected chi connectivity index (χ2v) is 5.03. The van der Waals surface area contributed by atoms with Gasteiger partial charge in [0.1, 0.15) is 0 Å². The van der Waals surface area contributed by atoms with Gasteiger partial charge in [-0.05, 0) is 35.7 Å². The van der Waals surface area contributed by atoms with Crippen LogP contribution in [-0.2, 0) is 6.42 Å². The molecule has 0 N–H and O–H groups in total.